The van der Waals surface area contributed by atoms with Crippen LogP contribution in [0, 0.1) is 0 Å². The number of rotatable bonds is 0. The maximum atomic E-state index is 8.89. The van der Waals surface area contributed by atoms with Gasteiger partial charge in [0.2, 0.25) is 0 Å². The third-order valence-electron chi connectivity index (χ3n) is 0. The van der Waals surface area contributed by atoms with Gasteiger partial charge in [-0.15, -0.1) is 0 Å². The molecule has 0 spiro atoms. The molecule has 4 N–H and O–H groups in total. The Labute approximate surface area is 117 Å². The van der Waals surface area contributed by atoms with Gasteiger partial charge in [0.1, 0.15) is 0 Å². The fourth-order valence-corrected chi connectivity index (χ4v) is 0. The van der Waals surface area contributed by atoms with Gasteiger partial charge in [0.15, 0.2) is 0 Å². The minimum Gasteiger partial charge on any atom is -0.759 e. The zero-order chi connectivity index (χ0) is 8.08. The van der Waals surface area contributed by atoms with E-state index in [2.05, 4.69) is 0 Å². The van der Waals surface area contributed by atoms with E-state index in [1.807, 2.05) is 0 Å². The van der Waals surface area contributed by atoms with Gasteiger partial charge < -0.3 is 30.0 Å². The van der Waals surface area contributed by atoms with Crippen LogP contribution in [-0.4, -0.2) is 72.2 Å². The second-order valence-electron chi connectivity index (χ2n) is 0.900. The number of carboxylic acids is 1. The third-order valence-corrected chi connectivity index (χ3v) is 0. The van der Waals surface area contributed by atoms with Gasteiger partial charge in [-0.05, 0) is 6.92 Å². The average Bonchev–Trinajstić information content (AvgIpc) is 1.19. The zero-order valence-electron chi connectivity index (χ0n) is 7.06. The molecule has 0 fully saturated rings. The Morgan fingerprint density at radius 1 is 1.15 bits per heavy atom. The molecule has 8 nitrogen and oxygen atoms in total. The quantitative estimate of drug-likeness (QED) is 0.229. The summed E-state index contributed by atoms with van der Waals surface area (Å²) < 4.78 is 34.1. The van der Waals surface area contributed by atoms with Crippen molar-refractivity contribution < 1.29 is 57.2 Å². The van der Waals surface area contributed by atoms with E-state index in [4.69, 9.17) is 27.4 Å². The molecule has 0 unspecified atom stereocenters. The summed E-state index contributed by atoms with van der Waals surface area (Å²) in [5, 5.41) is 8.89. The maximum absolute atomic E-state index is 8.89. The van der Waals surface area contributed by atoms with Crippen LogP contribution in [0.1, 0.15) is 6.92 Å². The molecular formula is C2H7CaLiO8S. The Hall–Kier alpha value is 1.12. The molecule has 0 saturated heterocycles. The van der Waals surface area contributed by atoms with Crippen LogP contribution in [0.25, 0.3) is 0 Å². The maximum Gasteiger partial charge on any atom is 2.00 e. The monoisotopic (exact) mass is 238 g/mol. The molecule has 0 aliphatic carbocycles. The molecule has 0 atom stereocenters. The molecular weight excluding hydrogens is 231 g/mol. The number of carboxylic acid groups (broad SMARTS) is 1. The van der Waals surface area contributed by atoms with E-state index < -0.39 is 16.4 Å². The molecule has 72 valence electrons. The standard InChI is InChI=1S/C2H4O2.Ca.Li.H2O4S.2H2O/c1-2(3)4;;;1-5(2,3)4;;/h1H3,(H,3,4);;;(H2,1,2,3,4);2*1H2/q;+2;+1;;;/p-3. The van der Waals surface area contributed by atoms with Gasteiger partial charge in [-0.2, -0.15) is 0 Å². The molecule has 0 bridgehead atoms. The van der Waals surface area contributed by atoms with Gasteiger partial charge in [-0.25, -0.2) is 0 Å². The summed E-state index contributed by atoms with van der Waals surface area (Å²) in [6.45, 7) is 0.972. The van der Waals surface area contributed by atoms with E-state index in [0.717, 1.165) is 6.92 Å². The van der Waals surface area contributed by atoms with Crippen LogP contribution < -0.4 is 24.0 Å². The Balaban J connectivity index is -0.0000000146. The molecule has 0 rings (SSSR count). The largest absolute Gasteiger partial charge is 2.00 e. The smallest absolute Gasteiger partial charge is 0.759 e. The van der Waals surface area contributed by atoms with Crippen molar-refractivity contribution in [1.82, 2.24) is 0 Å². The average molecular weight is 238 g/mol. The van der Waals surface area contributed by atoms with Crippen molar-refractivity contribution in [2.24, 2.45) is 0 Å². The predicted octanol–water partition coefficient (Wildman–Crippen LogP) is -7.61. The third kappa shape index (κ3) is 1300. The van der Waals surface area contributed by atoms with Gasteiger partial charge in [0.25, 0.3) is 0 Å². The van der Waals surface area contributed by atoms with Crippen molar-refractivity contribution in [1.29, 1.82) is 0 Å². The van der Waals surface area contributed by atoms with E-state index in [-0.39, 0.29) is 67.6 Å². The van der Waals surface area contributed by atoms with Gasteiger partial charge >= 0.3 is 56.6 Å². The summed E-state index contributed by atoms with van der Waals surface area (Å²) >= 11 is 0. The number of aliphatic carboxylic acids is 1. The zero-order valence-corrected chi connectivity index (χ0v) is 10.1. The fraction of sp³-hybridized carbons (Fsp3) is 0.500. The van der Waals surface area contributed by atoms with Crippen molar-refractivity contribution in [3.05, 3.63) is 0 Å². The second kappa shape index (κ2) is 18.8. The number of hydrogen-bond donors (Lipinski definition) is 0. The molecule has 0 aromatic heterocycles. The Kier molecular flexibility index (Phi) is 53.4. The summed E-state index contributed by atoms with van der Waals surface area (Å²) in [5.41, 5.74) is 0. The van der Waals surface area contributed by atoms with Crippen molar-refractivity contribution in [2.75, 3.05) is 0 Å². The molecule has 11 heteroatoms. The van der Waals surface area contributed by atoms with Crippen LogP contribution in [0.2, 0.25) is 0 Å². The predicted molar refractivity (Wildman–Crippen MR) is 34.1 cm³/mol. The van der Waals surface area contributed by atoms with Crippen molar-refractivity contribution in [2.45, 2.75) is 6.92 Å². The first kappa shape index (κ1) is 36.9. The molecule has 0 radical (unpaired) electrons. The van der Waals surface area contributed by atoms with Crippen LogP contribution in [-0.2, 0) is 15.2 Å². The molecule has 0 heterocycles. The molecule has 0 saturated carbocycles. The second-order valence-corrected chi connectivity index (χ2v) is 1.72. The first-order valence-electron chi connectivity index (χ1n) is 1.57. The van der Waals surface area contributed by atoms with Gasteiger partial charge in [-0.3, -0.25) is 8.42 Å². The van der Waals surface area contributed by atoms with E-state index in [0.29, 0.717) is 0 Å². The Morgan fingerprint density at radius 3 is 1.15 bits per heavy atom. The minimum absolute atomic E-state index is 0. The SMILES string of the molecule is CC(=O)[O-].O.O.O=S(=O)([O-])[O-].[Ca+2].[Li+]. The van der Waals surface area contributed by atoms with Crippen LogP contribution in [0.3, 0.4) is 0 Å². The van der Waals surface area contributed by atoms with Crippen molar-refractivity contribution in [3.8, 4) is 0 Å². The van der Waals surface area contributed by atoms with Gasteiger partial charge in [-0.1, -0.05) is 0 Å². The van der Waals surface area contributed by atoms with E-state index in [9.17, 15) is 0 Å². The van der Waals surface area contributed by atoms with Crippen LogP contribution in [0.15, 0.2) is 0 Å². The van der Waals surface area contributed by atoms with E-state index in [1.54, 1.807) is 0 Å². The summed E-state index contributed by atoms with van der Waals surface area (Å²) in [6.07, 6.45) is 0. The van der Waals surface area contributed by atoms with Crippen molar-refractivity contribution in [3.63, 3.8) is 0 Å². The molecule has 0 aliphatic heterocycles. The van der Waals surface area contributed by atoms with E-state index >= 15 is 0 Å². The summed E-state index contributed by atoms with van der Waals surface area (Å²) in [6, 6.07) is 0. The number of carbonyl (C=O) groups excluding carboxylic acids is 1. The normalized spacial score (nSPS) is 6.38. The van der Waals surface area contributed by atoms with Crippen LogP contribution in [0.4, 0.5) is 0 Å². The Morgan fingerprint density at radius 2 is 1.15 bits per heavy atom. The van der Waals surface area contributed by atoms with Gasteiger partial charge in [0.05, 0.1) is 0 Å². The van der Waals surface area contributed by atoms with E-state index in [1.165, 1.54) is 0 Å². The number of hydrogen-bond acceptors (Lipinski definition) is 6. The number of carbonyl (C=O) groups is 1. The van der Waals surface area contributed by atoms with Crippen molar-refractivity contribution >= 4 is 54.1 Å². The molecule has 0 aromatic rings. The molecule has 0 amide bonds. The summed E-state index contributed by atoms with van der Waals surface area (Å²) in [4.78, 5) is 8.89. The molecule has 0 aromatic carbocycles. The van der Waals surface area contributed by atoms with Crippen LogP contribution in [0.5, 0.6) is 0 Å². The summed E-state index contributed by atoms with van der Waals surface area (Å²) in [5.74, 6) is -1.08. The first-order chi connectivity index (χ1) is 3.73. The molecule has 0 aliphatic rings. The fourth-order valence-electron chi connectivity index (χ4n) is 0. The Bertz CT molecular complexity index is 165. The molecule has 13 heavy (non-hydrogen) atoms. The van der Waals surface area contributed by atoms with Gasteiger partial charge in [0, 0.05) is 16.4 Å². The first-order valence-corrected chi connectivity index (χ1v) is 2.91. The topological polar surface area (TPSA) is 183 Å². The minimum atomic E-state index is -5.17. The summed E-state index contributed by atoms with van der Waals surface area (Å²) in [7, 11) is -5.17. The van der Waals surface area contributed by atoms with Crippen LogP contribution >= 0.6 is 0 Å².